The van der Waals surface area contributed by atoms with Gasteiger partial charge in [-0.3, -0.25) is 9.89 Å². The van der Waals surface area contributed by atoms with Gasteiger partial charge < -0.3 is 14.6 Å². The molecule has 2 bridgehead atoms. The van der Waals surface area contributed by atoms with Crippen molar-refractivity contribution in [3.63, 3.8) is 0 Å². The van der Waals surface area contributed by atoms with Crippen LogP contribution in [0.3, 0.4) is 0 Å². The van der Waals surface area contributed by atoms with Crippen molar-refractivity contribution >= 4 is 5.71 Å². The van der Waals surface area contributed by atoms with E-state index in [-0.39, 0.29) is 24.4 Å². The molecule has 0 amide bonds. The van der Waals surface area contributed by atoms with Crippen LogP contribution in [-0.2, 0) is 0 Å². The van der Waals surface area contributed by atoms with Gasteiger partial charge in [0, 0.05) is 0 Å². The van der Waals surface area contributed by atoms with Crippen molar-refractivity contribution in [1.82, 2.24) is 4.90 Å². The molecular weight excluding hydrogens is 340 g/mol. The maximum Gasteiger partial charge on any atom is 0.132 e. The molecule has 5 rings (SSSR count). The molecule has 0 radical (unpaired) electrons. The molecule has 1 spiro atoms. The van der Waals surface area contributed by atoms with Crippen LogP contribution in [0.5, 0.6) is 11.5 Å². The van der Waals surface area contributed by atoms with E-state index in [1.165, 1.54) is 0 Å². The topological polar surface area (TPSA) is 54.3 Å². The lowest BCUT2D eigenvalue weighted by Crippen LogP contribution is -2.61. The lowest BCUT2D eigenvalue weighted by molar-refractivity contribution is -0.0223. The van der Waals surface area contributed by atoms with Gasteiger partial charge in [-0.05, 0) is 37.0 Å². The maximum atomic E-state index is 10.3. The van der Waals surface area contributed by atoms with Gasteiger partial charge in [0.05, 0.1) is 31.0 Å². The highest BCUT2D eigenvalue weighted by atomic mass is 16.5. The summed E-state index contributed by atoms with van der Waals surface area (Å²) in [4.78, 5) is 7.56. The molecule has 27 heavy (non-hydrogen) atoms. The molecule has 0 aromatic heterocycles. The zero-order valence-corrected chi connectivity index (χ0v) is 15.5. The predicted octanol–water partition coefficient (Wildman–Crippen LogP) is 3.17. The number of aliphatic imine (C=N–C) groups is 1. The lowest BCUT2D eigenvalue weighted by atomic mass is 9.78. The fourth-order valence-electron chi connectivity index (χ4n) is 5.05. The Labute approximate surface area is 159 Å². The summed E-state index contributed by atoms with van der Waals surface area (Å²) >= 11 is 0. The third kappa shape index (κ3) is 2.35. The zero-order chi connectivity index (χ0) is 18.4. The zero-order valence-electron chi connectivity index (χ0n) is 15.5. The van der Waals surface area contributed by atoms with Gasteiger partial charge in [-0.25, -0.2) is 0 Å². The Morgan fingerprint density at radius 2 is 2.11 bits per heavy atom. The highest BCUT2D eigenvalue weighted by Gasteiger charge is 2.58. The van der Waals surface area contributed by atoms with Gasteiger partial charge in [-0.15, -0.1) is 0 Å². The Morgan fingerprint density at radius 3 is 2.89 bits per heavy atom. The molecule has 0 unspecified atom stereocenters. The van der Waals surface area contributed by atoms with Crippen LogP contribution < -0.4 is 9.47 Å². The number of nitrogens with zero attached hydrogens (tertiary/aromatic N) is 2. The second-order valence-electron chi connectivity index (χ2n) is 7.52. The summed E-state index contributed by atoms with van der Waals surface area (Å²) in [5.41, 5.74) is 2.85. The summed E-state index contributed by atoms with van der Waals surface area (Å²) in [7, 11) is 1.69. The SMILES string of the molecule is COc1cccc2c1C1=N[C@H]3CCC[C@]1(CO2)N3[C@@H](CO)c1ccccc1. The molecular formula is C22H24N2O3. The van der Waals surface area contributed by atoms with Crippen molar-refractivity contribution in [3.8, 4) is 11.5 Å². The summed E-state index contributed by atoms with van der Waals surface area (Å²) in [6.07, 6.45) is 3.14. The molecule has 3 atom stereocenters. The van der Waals surface area contributed by atoms with Gasteiger partial charge in [0.25, 0.3) is 0 Å². The molecule has 5 heteroatoms. The van der Waals surface area contributed by atoms with E-state index in [4.69, 9.17) is 14.5 Å². The Hall–Kier alpha value is -2.37. The highest BCUT2D eigenvalue weighted by Crippen LogP contribution is 2.51. The van der Waals surface area contributed by atoms with Crippen molar-refractivity contribution in [1.29, 1.82) is 0 Å². The number of aliphatic hydroxyl groups excluding tert-OH is 1. The van der Waals surface area contributed by atoms with E-state index in [1.807, 2.05) is 36.4 Å². The average molecular weight is 364 g/mol. The molecule has 3 heterocycles. The van der Waals surface area contributed by atoms with E-state index in [0.717, 1.165) is 47.6 Å². The van der Waals surface area contributed by atoms with Gasteiger partial charge in [-0.2, -0.15) is 0 Å². The van der Waals surface area contributed by atoms with Crippen LogP contribution >= 0.6 is 0 Å². The first-order valence-electron chi connectivity index (χ1n) is 9.61. The molecule has 2 aromatic rings. The van der Waals surface area contributed by atoms with Crippen molar-refractivity contribution in [2.45, 2.75) is 37.0 Å². The van der Waals surface area contributed by atoms with Crippen molar-refractivity contribution in [3.05, 3.63) is 59.7 Å². The van der Waals surface area contributed by atoms with Gasteiger partial charge in [0.1, 0.15) is 29.8 Å². The standard InChI is InChI=1S/C22H24N2O3/c1-26-17-9-5-10-18-20(17)21-22(14-27-18)12-6-11-19(23-21)24(22)16(13-25)15-7-3-2-4-8-15/h2-5,7-10,16,19,25H,6,11-14H2,1H3/t16-,19+,22+/m0/s1. The summed E-state index contributed by atoms with van der Waals surface area (Å²) < 4.78 is 11.9. The first kappa shape index (κ1) is 16.8. The summed E-state index contributed by atoms with van der Waals surface area (Å²) in [6, 6.07) is 16.0. The molecule has 1 saturated heterocycles. The van der Waals surface area contributed by atoms with E-state index in [9.17, 15) is 5.11 Å². The first-order chi connectivity index (χ1) is 13.3. The van der Waals surface area contributed by atoms with Gasteiger partial charge in [-0.1, -0.05) is 36.4 Å². The van der Waals surface area contributed by atoms with E-state index in [1.54, 1.807) is 7.11 Å². The van der Waals surface area contributed by atoms with Crippen LogP contribution in [0.4, 0.5) is 0 Å². The number of aliphatic hydroxyl groups is 1. The lowest BCUT2D eigenvalue weighted by Gasteiger charge is -2.49. The number of fused-ring (bicyclic) bond motifs is 3. The van der Waals surface area contributed by atoms with Gasteiger partial charge >= 0.3 is 0 Å². The Bertz CT molecular complexity index is 868. The van der Waals surface area contributed by atoms with Crippen LogP contribution in [0.15, 0.2) is 53.5 Å². The van der Waals surface area contributed by atoms with E-state index < -0.39 is 0 Å². The third-order valence-corrected chi connectivity index (χ3v) is 6.19. The van der Waals surface area contributed by atoms with Gasteiger partial charge in [0.2, 0.25) is 0 Å². The van der Waals surface area contributed by atoms with Gasteiger partial charge in [0.15, 0.2) is 0 Å². The fraction of sp³-hybridized carbons (Fsp3) is 0.409. The van der Waals surface area contributed by atoms with Crippen molar-refractivity contribution in [2.75, 3.05) is 20.3 Å². The first-order valence-corrected chi connectivity index (χ1v) is 9.61. The minimum Gasteiger partial charge on any atom is -0.496 e. The molecule has 2 aromatic carbocycles. The molecule has 3 aliphatic rings. The molecule has 1 N–H and O–H groups in total. The third-order valence-electron chi connectivity index (χ3n) is 6.19. The van der Waals surface area contributed by atoms with Crippen LogP contribution in [0, 0.1) is 0 Å². The fourth-order valence-corrected chi connectivity index (χ4v) is 5.05. The molecule has 3 aliphatic heterocycles. The predicted molar refractivity (Wildman–Crippen MR) is 104 cm³/mol. The van der Waals surface area contributed by atoms with E-state index in [0.29, 0.717) is 6.61 Å². The average Bonchev–Trinajstić information content (AvgIpc) is 2.90. The minimum absolute atomic E-state index is 0.0594. The second kappa shape index (κ2) is 6.36. The van der Waals surface area contributed by atoms with Crippen LogP contribution in [-0.4, -0.2) is 47.7 Å². The van der Waals surface area contributed by atoms with Crippen molar-refractivity contribution < 1.29 is 14.6 Å². The number of hydrogen-bond donors (Lipinski definition) is 1. The van der Waals surface area contributed by atoms with E-state index >= 15 is 0 Å². The molecule has 5 nitrogen and oxygen atoms in total. The minimum atomic E-state index is -0.312. The second-order valence-corrected chi connectivity index (χ2v) is 7.52. The maximum absolute atomic E-state index is 10.3. The summed E-state index contributed by atoms with van der Waals surface area (Å²) in [6.45, 7) is 0.621. The number of piperidine rings is 1. The Morgan fingerprint density at radius 1 is 1.26 bits per heavy atom. The number of rotatable bonds is 4. The normalized spacial score (nSPS) is 27.2. The van der Waals surface area contributed by atoms with Crippen LogP contribution in [0.2, 0.25) is 0 Å². The smallest absolute Gasteiger partial charge is 0.132 e. The quantitative estimate of drug-likeness (QED) is 0.905. The van der Waals surface area contributed by atoms with Crippen LogP contribution in [0.25, 0.3) is 0 Å². The number of benzene rings is 2. The Balaban J connectivity index is 1.64. The van der Waals surface area contributed by atoms with E-state index in [2.05, 4.69) is 17.0 Å². The Kier molecular flexibility index (Phi) is 3.95. The van der Waals surface area contributed by atoms with Crippen LogP contribution in [0.1, 0.15) is 36.4 Å². The largest absolute Gasteiger partial charge is 0.496 e. The summed E-state index contributed by atoms with van der Waals surface area (Å²) in [5, 5.41) is 10.3. The number of ether oxygens (including phenoxy) is 2. The molecule has 1 fully saturated rings. The monoisotopic (exact) mass is 364 g/mol. The highest BCUT2D eigenvalue weighted by molar-refractivity contribution is 6.13. The molecule has 140 valence electrons. The number of methoxy groups -OCH3 is 1. The summed E-state index contributed by atoms with van der Waals surface area (Å²) in [5.74, 6) is 1.64. The number of hydrogen-bond acceptors (Lipinski definition) is 5. The molecule has 0 aliphatic carbocycles. The van der Waals surface area contributed by atoms with Crippen molar-refractivity contribution in [2.24, 2.45) is 4.99 Å². The molecule has 0 saturated carbocycles.